The predicted molar refractivity (Wildman–Crippen MR) is 61.3 cm³/mol. The van der Waals surface area contributed by atoms with E-state index in [-0.39, 0.29) is 0 Å². The number of rotatable bonds is 3. The largest absolute Gasteiger partial charge is 0.331 e. The van der Waals surface area contributed by atoms with Gasteiger partial charge < -0.3 is 5.32 Å². The van der Waals surface area contributed by atoms with E-state index < -0.39 is 0 Å². The number of thiocarbonyl (C=S) groups is 1. The molecule has 0 saturated heterocycles. The van der Waals surface area contributed by atoms with Crippen molar-refractivity contribution in [2.75, 3.05) is 12.4 Å². The SMILES string of the molecule is CONC=NC(=S)Nc1ccccc1. The van der Waals surface area contributed by atoms with Gasteiger partial charge in [0, 0.05) is 5.69 Å². The molecule has 5 heteroatoms. The van der Waals surface area contributed by atoms with Gasteiger partial charge in [-0.2, -0.15) is 0 Å². The molecule has 1 aromatic carbocycles. The van der Waals surface area contributed by atoms with Crippen molar-refractivity contribution in [3.8, 4) is 0 Å². The highest BCUT2D eigenvalue weighted by Gasteiger charge is 1.91. The maximum absolute atomic E-state index is 4.94. The molecule has 0 aliphatic heterocycles. The van der Waals surface area contributed by atoms with Crippen molar-refractivity contribution in [2.45, 2.75) is 0 Å². The first-order valence-electron chi connectivity index (χ1n) is 4.00. The summed E-state index contributed by atoms with van der Waals surface area (Å²) in [5, 5.41) is 3.31. The third kappa shape index (κ3) is 3.97. The molecule has 2 N–H and O–H groups in total. The Labute approximate surface area is 87.9 Å². The third-order valence-corrected chi connectivity index (χ3v) is 1.58. The van der Waals surface area contributed by atoms with E-state index in [1.165, 1.54) is 13.4 Å². The van der Waals surface area contributed by atoms with Gasteiger partial charge in [0.05, 0.1) is 7.11 Å². The minimum Gasteiger partial charge on any atom is -0.331 e. The molecule has 0 fully saturated rings. The number of anilines is 1. The molecule has 0 atom stereocenters. The highest BCUT2D eigenvalue weighted by molar-refractivity contribution is 7.80. The van der Waals surface area contributed by atoms with Crippen LogP contribution in [0.5, 0.6) is 0 Å². The van der Waals surface area contributed by atoms with E-state index in [4.69, 9.17) is 12.2 Å². The van der Waals surface area contributed by atoms with Crippen molar-refractivity contribution < 1.29 is 4.84 Å². The van der Waals surface area contributed by atoms with Gasteiger partial charge in [-0.3, -0.25) is 10.3 Å². The lowest BCUT2D eigenvalue weighted by molar-refractivity contribution is 0.148. The normalized spacial score (nSPS) is 10.1. The van der Waals surface area contributed by atoms with E-state index in [1.807, 2.05) is 30.3 Å². The van der Waals surface area contributed by atoms with Crippen LogP contribution in [0.3, 0.4) is 0 Å². The molecule has 0 radical (unpaired) electrons. The van der Waals surface area contributed by atoms with E-state index in [2.05, 4.69) is 20.6 Å². The molecule has 14 heavy (non-hydrogen) atoms. The van der Waals surface area contributed by atoms with Gasteiger partial charge in [-0.05, 0) is 24.4 Å². The Morgan fingerprint density at radius 1 is 1.43 bits per heavy atom. The number of nitrogens with one attached hydrogen (secondary N) is 2. The second kappa shape index (κ2) is 6.06. The fraction of sp³-hybridized carbons (Fsp3) is 0.111. The van der Waals surface area contributed by atoms with Crippen LogP contribution in [-0.2, 0) is 4.84 Å². The number of nitrogens with zero attached hydrogens (tertiary/aromatic N) is 1. The van der Waals surface area contributed by atoms with Crippen molar-refractivity contribution in [1.29, 1.82) is 0 Å². The van der Waals surface area contributed by atoms with Crippen LogP contribution in [0.4, 0.5) is 5.69 Å². The summed E-state index contributed by atoms with van der Waals surface area (Å²) in [6.07, 6.45) is 1.37. The minimum absolute atomic E-state index is 0.376. The average Bonchev–Trinajstić information content (AvgIpc) is 2.20. The summed E-state index contributed by atoms with van der Waals surface area (Å²) in [4.78, 5) is 8.42. The molecule has 0 unspecified atom stereocenters. The second-order valence-corrected chi connectivity index (χ2v) is 2.76. The van der Waals surface area contributed by atoms with Gasteiger partial charge in [-0.1, -0.05) is 18.2 Å². The molecule has 0 aliphatic carbocycles. The van der Waals surface area contributed by atoms with Crippen LogP contribution in [0, 0.1) is 0 Å². The molecule has 0 spiro atoms. The van der Waals surface area contributed by atoms with Gasteiger partial charge in [0.2, 0.25) is 0 Å². The van der Waals surface area contributed by atoms with Crippen LogP contribution >= 0.6 is 12.2 Å². The van der Waals surface area contributed by atoms with Crippen molar-refractivity contribution in [3.05, 3.63) is 30.3 Å². The third-order valence-electron chi connectivity index (χ3n) is 1.38. The second-order valence-electron chi connectivity index (χ2n) is 2.38. The summed E-state index contributed by atoms with van der Waals surface area (Å²) in [6.45, 7) is 0. The molecule has 4 nitrogen and oxygen atoms in total. The quantitative estimate of drug-likeness (QED) is 0.343. The van der Waals surface area contributed by atoms with Gasteiger partial charge in [-0.15, -0.1) is 0 Å². The zero-order valence-electron chi connectivity index (χ0n) is 7.73. The standard InChI is InChI=1S/C9H11N3OS/c1-13-11-7-10-9(14)12-8-5-3-2-4-6-8/h2-7H,1H3,(H2,10,11,12,14). The molecule has 1 rings (SSSR count). The van der Waals surface area contributed by atoms with Gasteiger partial charge in [0.1, 0.15) is 6.34 Å². The lowest BCUT2D eigenvalue weighted by atomic mass is 10.3. The van der Waals surface area contributed by atoms with E-state index >= 15 is 0 Å². The van der Waals surface area contributed by atoms with Crippen molar-refractivity contribution in [2.24, 2.45) is 4.99 Å². The maximum Gasteiger partial charge on any atom is 0.198 e. The van der Waals surface area contributed by atoms with Crippen molar-refractivity contribution in [1.82, 2.24) is 5.48 Å². The first-order valence-corrected chi connectivity index (χ1v) is 4.41. The van der Waals surface area contributed by atoms with Crippen LogP contribution in [0.25, 0.3) is 0 Å². The van der Waals surface area contributed by atoms with Gasteiger partial charge in [-0.25, -0.2) is 4.99 Å². The molecular formula is C9H11N3OS. The molecule has 0 heterocycles. The fourth-order valence-corrected chi connectivity index (χ4v) is 0.985. The van der Waals surface area contributed by atoms with Crippen molar-refractivity contribution >= 4 is 29.4 Å². The van der Waals surface area contributed by atoms with E-state index in [0.29, 0.717) is 5.11 Å². The first kappa shape index (κ1) is 10.6. The van der Waals surface area contributed by atoms with Crippen LogP contribution < -0.4 is 10.8 Å². The number of benzene rings is 1. The Bertz CT molecular complexity index is 313. The molecule has 0 bridgehead atoms. The monoisotopic (exact) mass is 209 g/mol. The topological polar surface area (TPSA) is 45.6 Å². The maximum atomic E-state index is 4.94. The minimum atomic E-state index is 0.376. The van der Waals surface area contributed by atoms with Crippen LogP contribution in [0.15, 0.2) is 35.3 Å². The van der Waals surface area contributed by atoms with E-state index in [9.17, 15) is 0 Å². The van der Waals surface area contributed by atoms with Crippen LogP contribution in [0.1, 0.15) is 0 Å². The summed E-state index contributed by atoms with van der Waals surface area (Å²) >= 11 is 4.94. The first-order chi connectivity index (χ1) is 6.83. The number of aliphatic imine (C=N–C) groups is 1. The molecule has 1 aromatic rings. The number of para-hydroxylation sites is 1. The summed E-state index contributed by atoms with van der Waals surface area (Å²) in [7, 11) is 1.50. The lowest BCUT2D eigenvalue weighted by Crippen LogP contribution is -2.12. The number of hydroxylamine groups is 1. The fourth-order valence-electron chi connectivity index (χ4n) is 0.815. The lowest BCUT2D eigenvalue weighted by Gasteiger charge is -2.02. The highest BCUT2D eigenvalue weighted by atomic mass is 32.1. The zero-order chi connectivity index (χ0) is 10.2. The van der Waals surface area contributed by atoms with Crippen LogP contribution in [-0.4, -0.2) is 18.6 Å². The van der Waals surface area contributed by atoms with Crippen molar-refractivity contribution in [3.63, 3.8) is 0 Å². The van der Waals surface area contributed by atoms with Gasteiger partial charge in [0.15, 0.2) is 5.11 Å². The Morgan fingerprint density at radius 3 is 2.79 bits per heavy atom. The smallest absolute Gasteiger partial charge is 0.198 e. The summed E-state index contributed by atoms with van der Waals surface area (Å²) < 4.78 is 0. The Morgan fingerprint density at radius 2 is 2.14 bits per heavy atom. The summed E-state index contributed by atoms with van der Waals surface area (Å²) in [5.41, 5.74) is 3.36. The average molecular weight is 209 g/mol. The Hall–Kier alpha value is -1.46. The van der Waals surface area contributed by atoms with Gasteiger partial charge >= 0.3 is 0 Å². The molecule has 0 aliphatic rings. The Kier molecular flexibility index (Phi) is 4.60. The van der Waals surface area contributed by atoms with Crippen LogP contribution in [0.2, 0.25) is 0 Å². The number of hydrogen-bond acceptors (Lipinski definition) is 2. The highest BCUT2D eigenvalue weighted by Crippen LogP contribution is 2.04. The van der Waals surface area contributed by atoms with Gasteiger partial charge in [0.25, 0.3) is 0 Å². The summed E-state index contributed by atoms with van der Waals surface area (Å²) in [5.74, 6) is 0. The molecular weight excluding hydrogens is 198 g/mol. The molecule has 0 amide bonds. The van der Waals surface area contributed by atoms with E-state index in [0.717, 1.165) is 5.69 Å². The predicted octanol–water partition coefficient (Wildman–Crippen LogP) is 1.56. The molecule has 74 valence electrons. The molecule has 0 aromatic heterocycles. The van der Waals surface area contributed by atoms with E-state index in [1.54, 1.807) is 0 Å². The summed E-state index contributed by atoms with van der Waals surface area (Å²) in [6, 6.07) is 9.59. The Balaban J connectivity index is 2.42. The number of hydrogen-bond donors (Lipinski definition) is 2. The molecule has 0 saturated carbocycles. The zero-order valence-corrected chi connectivity index (χ0v) is 8.54.